The van der Waals surface area contributed by atoms with E-state index in [1.807, 2.05) is 24.3 Å². The second kappa shape index (κ2) is 9.94. The predicted octanol–water partition coefficient (Wildman–Crippen LogP) is 4.62. The van der Waals surface area contributed by atoms with Gasteiger partial charge in [-0.2, -0.15) is 13.2 Å². The van der Waals surface area contributed by atoms with E-state index >= 15 is 0 Å². The van der Waals surface area contributed by atoms with Gasteiger partial charge in [0.05, 0.1) is 17.5 Å². The molecule has 2 N–H and O–H groups in total. The zero-order valence-electron chi connectivity index (χ0n) is 21.2. The molecule has 3 atom stereocenters. The van der Waals surface area contributed by atoms with Crippen LogP contribution in [-0.2, 0) is 33.0 Å². The molecule has 2 fully saturated rings. The van der Waals surface area contributed by atoms with Gasteiger partial charge in [0.2, 0.25) is 0 Å². The fourth-order valence-corrected chi connectivity index (χ4v) is 6.94. The summed E-state index contributed by atoms with van der Waals surface area (Å²) in [4.78, 5) is 14.3. The van der Waals surface area contributed by atoms with E-state index in [9.17, 15) is 30.8 Å². The van der Waals surface area contributed by atoms with Crippen molar-refractivity contribution in [1.29, 1.82) is 0 Å². The predicted molar refractivity (Wildman–Crippen MR) is 133 cm³/mol. The molecule has 0 spiro atoms. The Balaban J connectivity index is 1.58. The molecule has 0 unspecified atom stereocenters. The number of carbonyl (C=O) groups excluding carboxylic acids is 1. The molecule has 2 heterocycles. The summed E-state index contributed by atoms with van der Waals surface area (Å²) in [5, 5.41) is 0. The van der Waals surface area contributed by atoms with Crippen LogP contribution in [0.25, 0.3) is 0 Å². The number of alkyl halides is 3. The van der Waals surface area contributed by atoms with E-state index in [0.717, 1.165) is 23.3 Å². The minimum absolute atomic E-state index is 0.0688. The summed E-state index contributed by atoms with van der Waals surface area (Å²) in [6.07, 6.45) is -6.17. The number of rotatable bonds is 6. The molecule has 2 aromatic carbocycles. The summed E-state index contributed by atoms with van der Waals surface area (Å²) in [6, 6.07) is 9.10. The molecule has 2 aliphatic heterocycles. The lowest BCUT2D eigenvalue weighted by Gasteiger charge is -2.34. The third-order valence-electron chi connectivity index (χ3n) is 6.79. The van der Waals surface area contributed by atoms with Gasteiger partial charge in [0, 0.05) is 12.5 Å². The van der Waals surface area contributed by atoms with Crippen molar-refractivity contribution in [3.63, 3.8) is 0 Å². The van der Waals surface area contributed by atoms with Gasteiger partial charge in [-0.25, -0.2) is 17.6 Å². The normalized spacial score (nSPS) is 23.2. The van der Waals surface area contributed by atoms with Gasteiger partial charge in [0.25, 0.3) is 0 Å². The van der Waals surface area contributed by atoms with Crippen LogP contribution >= 0.6 is 0 Å². The molecule has 0 radical (unpaired) electrons. The van der Waals surface area contributed by atoms with E-state index in [0.29, 0.717) is 0 Å². The van der Waals surface area contributed by atoms with Gasteiger partial charge in [-0.15, -0.1) is 0 Å². The molecule has 12 heteroatoms. The Morgan fingerprint density at radius 1 is 1.11 bits per heavy atom. The Labute approximate surface area is 218 Å². The Bertz CT molecular complexity index is 1320. The molecular formula is C26H30F4N2O5S. The number of anilines is 1. The van der Waals surface area contributed by atoms with E-state index in [-0.39, 0.29) is 35.4 Å². The first-order valence-corrected chi connectivity index (χ1v) is 13.9. The van der Waals surface area contributed by atoms with E-state index in [2.05, 4.69) is 25.5 Å². The van der Waals surface area contributed by atoms with Crippen LogP contribution in [0, 0.1) is 11.7 Å². The number of benzene rings is 2. The number of carbonyl (C=O) groups is 1. The highest BCUT2D eigenvalue weighted by Crippen LogP contribution is 2.37. The summed E-state index contributed by atoms with van der Waals surface area (Å²) >= 11 is 0. The minimum Gasteiger partial charge on any atom is -0.482 e. The van der Waals surface area contributed by atoms with Gasteiger partial charge >= 0.3 is 12.3 Å². The molecular weight excluding hydrogens is 528 g/mol. The Morgan fingerprint density at radius 2 is 1.82 bits per heavy atom. The lowest BCUT2D eigenvalue weighted by atomic mass is 9.86. The third-order valence-corrected chi connectivity index (χ3v) is 8.58. The Hall–Kier alpha value is -3.02. The quantitative estimate of drug-likeness (QED) is 0.410. The molecule has 2 aromatic rings. The van der Waals surface area contributed by atoms with Gasteiger partial charge in [-0.05, 0) is 40.7 Å². The molecule has 2 aliphatic rings. The molecule has 208 valence electrons. The van der Waals surface area contributed by atoms with E-state index in [4.69, 9.17) is 10.5 Å². The first kappa shape index (κ1) is 28.0. The summed E-state index contributed by atoms with van der Waals surface area (Å²) in [6.45, 7) is 4.67. The summed E-state index contributed by atoms with van der Waals surface area (Å²) in [5.41, 5.74) is 6.91. The minimum atomic E-state index is -4.66. The molecule has 2 saturated heterocycles. The zero-order chi connectivity index (χ0) is 28.0. The topological polar surface area (TPSA) is 98.9 Å². The second-order valence-corrected chi connectivity index (χ2v) is 13.1. The molecule has 0 bridgehead atoms. The van der Waals surface area contributed by atoms with Crippen molar-refractivity contribution in [3.8, 4) is 5.75 Å². The first-order valence-electron chi connectivity index (χ1n) is 12.1. The highest BCUT2D eigenvalue weighted by molar-refractivity contribution is 7.91. The number of nitrogens with zero attached hydrogens (tertiary/aromatic N) is 1. The largest absolute Gasteiger partial charge is 0.482 e. The SMILES string of the molecule is CC(C)(C)c1cccc(CN2C(=O)O[C@H]3[C@H](Cc4cc(F)c(N)c(OCC(F)(F)F)c4)CS(=O)(=O)C[C@@H]32)c1. The monoisotopic (exact) mass is 558 g/mol. The van der Waals surface area contributed by atoms with Gasteiger partial charge in [-0.3, -0.25) is 4.90 Å². The molecule has 1 amide bonds. The van der Waals surface area contributed by atoms with E-state index < -0.39 is 64.0 Å². The summed E-state index contributed by atoms with van der Waals surface area (Å²) in [5.74, 6) is -2.82. The summed E-state index contributed by atoms with van der Waals surface area (Å²) < 4.78 is 88.2. The van der Waals surface area contributed by atoms with E-state index in [1.54, 1.807) is 0 Å². The lowest BCUT2D eigenvalue weighted by Crippen LogP contribution is -2.51. The van der Waals surface area contributed by atoms with Gasteiger partial charge in [0.15, 0.2) is 16.4 Å². The smallest absolute Gasteiger partial charge is 0.422 e. The van der Waals surface area contributed by atoms with Gasteiger partial charge in [0.1, 0.15) is 23.4 Å². The van der Waals surface area contributed by atoms with Crippen molar-refractivity contribution in [2.45, 2.75) is 57.5 Å². The highest BCUT2D eigenvalue weighted by atomic mass is 32.2. The maximum atomic E-state index is 14.4. The van der Waals surface area contributed by atoms with Crippen LogP contribution in [0.3, 0.4) is 0 Å². The van der Waals surface area contributed by atoms with Crippen LogP contribution in [0.4, 0.5) is 28.0 Å². The second-order valence-electron chi connectivity index (χ2n) is 10.9. The molecule has 38 heavy (non-hydrogen) atoms. The third kappa shape index (κ3) is 6.33. The van der Waals surface area contributed by atoms with E-state index in [1.165, 1.54) is 4.90 Å². The Kier molecular flexibility index (Phi) is 7.32. The standard InChI is InChI=1S/C26H30F4N2O5S/c1-25(2,3)18-6-4-5-15(8-18)11-32-20-13-38(34,35)12-17(23(20)37-24(32)33)7-16-9-19(27)22(31)21(10-16)36-14-26(28,29)30/h4-6,8-10,17,20,23H,7,11-14,31H2,1-3H3/t17-,20+,23+/m1/s1. The van der Waals surface area contributed by atoms with Crippen LogP contribution < -0.4 is 10.5 Å². The van der Waals surface area contributed by atoms with Crippen molar-refractivity contribution >= 4 is 21.6 Å². The van der Waals surface area contributed by atoms with Crippen LogP contribution in [0.5, 0.6) is 5.75 Å². The average molecular weight is 559 g/mol. The van der Waals surface area contributed by atoms with Crippen molar-refractivity contribution in [3.05, 3.63) is 58.9 Å². The number of amides is 1. The molecule has 0 aliphatic carbocycles. The van der Waals surface area contributed by atoms with Crippen LogP contribution in [0.1, 0.15) is 37.5 Å². The Morgan fingerprint density at radius 3 is 2.47 bits per heavy atom. The molecule has 0 saturated carbocycles. The van der Waals surface area contributed by atoms with Crippen molar-refractivity contribution in [2.75, 3.05) is 23.8 Å². The van der Waals surface area contributed by atoms with Crippen LogP contribution in [0.15, 0.2) is 36.4 Å². The highest BCUT2D eigenvalue weighted by Gasteiger charge is 2.51. The van der Waals surface area contributed by atoms with Crippen LogP contribution in [0.2, 0.25) is 0 Å². The molecule has 0 aromatic heterocycles. The van der Waals surface area contributed by atoms with Crippen molar-refractivity contribution in [1.82, 2.24) is 4.90 Å². The number of fused-ring (bicyclic) bond motifs is 1. The summed E-state index contributed by atoms with van der Waals surface area (Å²) in [7, 11) is -3.62. The van der Waals surface area contributed by atoms with Gasteiger partial charge < -0.3 is 15.2 Å². The zero-order valence-corrected chi connectivity index (χ0v) is 22.0. The van der Waals surface area contributed by atoms with Crippen molar-refractivity contribution < 1.29 is 40.2 Å². The van der Waals surface area contributed by atoms with Crippen LogP contribution in [-0.4, -0.2) is 55.8 Å². The number of hydrogen-bond donors (Lipinski definition) is 1. The lowest BCUT2D eigenvalue weighted by molar-refractivity contribution is -0.153. The number of nitrogens with two attached hydrogens (primary N) is 1. The maximum absolute atomic E-state index is 14.4. The number of nitrogen functional groups attached to an aromatic ring is 1. The molecule has 7 nitrogen and oxygen atoms in total. The number of hydrogen-bond acceptors (Lipinski definition) is 6. The maximum Gasteiger partial charge on any atom is 0.422 e. The van der Waals surface area contributed by atoms with Gasteiger partial charge in [-0.1, -0.05) is 45.0 Å². The fraction of sp³-hybridized carbons (Fsp3) is 0.500. The molecule has 4 rings (SSSR count). The average Bonchev–Trinajstić information content (AvgIpc) is 3.08. The first-order chi connectivity index (χ1) is 17.5. The van der Waals surface area contributed by atoms with Crippen molar-refractivity contribution in [2.24, 2.45) is 5.92 Å². The number of halogens is 4. The fourth-order valence-electron chi connectivity index (χ4n) is 4.96. The number of ether oxygens (including phenoxy) is 2. The number of sulfone groups is 1.